The van der Waals surface area contributed by atoms with E-state index in [1.54, 1.807) is 6.92 Å². The Bertz CT molecular complexity index is 809. The Morgan fingerprint density at radius 1 is 1.29 bits per heavy atom. The van der Waals surface area contributed by atoms with Crippen molar-refractivity contribution in [3.05, 3.63) is 45.7 Å². The molecule has 1 heterocycles. The lowest BCUT2D eigenvalue weighted by molar-refractivity contribution is -0.140. The number of guanidine groups is 1. The fourth-order valence-electron chi connectivity index (χ4n) is 2.08. The highest BCUT2D eigenvalue weighted by atomic mass is 32.1. The minimum Gasteiger partial charge on any atom is -0.434 e. The number of rotatable bonds is 7. The molecule has 0 aliphatic rings. The van der Waals surface area contributed by atoms with Crippen LogP contribution in [0.5, 0.6) is 5.75 Å². The third kappa shape index (κ3) is 6.29. The summed E-state index contributed by atoms with van der Waals surface area (Å²) in [6.07, 6.45) is -4.53. The minimum atomic E-state index is -4.53. The van der Waals surface area contributed by atoms with Gasteiger partial charge in [0.25, 0.3) is 0 Å². The van der Waals surface area contributed by atoms with Gasteiger partial charge in [-0.3, -0.25) is 0 Å². The lowest BCUT2D eigenvalue weighted by atomic mass is 10.2. The van der Waals surface area contributed by atoms with Crippen LogP contribution in [-0.2, 0) is 19.3 Å². The molecule has 0 saturated carbocycles. The van der Waals surface area contributed by atoms with E-state index in [9.17, 15) is 26.3 Å². The smallest absolute Gasteiger partial charge is 0.434 e. The summed E-state index contributed by atoms with van der Waals surface area (Å²) in [5.41, 5.74) is -1.16. The molecule has 0 aliphatic heterocycles. The van der Waals surface area contributed by atoms with Crippen molar-refractivity contribution in [2.45, 2.75) is 32.8 Å². The molecule has 0 atom stereocenters. The van der Waals surface area contributed by atoms with E-state index in [1.807, 2.05) is 0 Å². The van der Waals surface area contributed by atoms with Gasteiger partial charge in [0.05, 0.1) is 18.7 Å². The van der Waals surface area contributed by atoms with E-state index < -0.39 is 24.3 Å². The molecule has 0 bridgehead atoms. The average molecular weight is 426 g/mol. The highest BCUT2D eigenvalue weighted by Crippen LogP contribution is 2.30. The number of nitrogens with one attached hydrogen (secondary N) is 2. The van der Waals surface area contributed by atoms with Gasteiger partial charge in [-0.25, -0.2) is 14.4 Å². The number of thiazole rings is 1. The van der Waals surface area contributed by atoms with Crippen molar-refractivity contribution in [2.24, 2.45) is 4.99 Å². The number of aromatic nitrogens is 1. The number of halogens is 6. The molecule has 2 N–H and O–H groups in total. The molecule has 154 valence electrons. The van der Waals surface area contributed by atoms with Crippen LogP contribution in [0, 0.1) is 5.82 Å². The Balaban J connectivity index is 2.10. The number of aliphatic imine (C=N–C) groups is 1. The molecule has 1 aromatic carbocycles. The van der Waals surface area contributed by atoms with E-state index in [1.165, 1.54) is 12.1 Å². The Hall–Kier alpha value is -2.50. The third-order valence-corrected chi connectivity index (χ3v) is 4.13. The average Bonchev–Trinajstić information content (AvgIpc) is 3.08. The summed E-state index contributed by atoms with van der Waals surface area (Å²) in [6, 6.07) is 3.50. The van der Waals surface area contributed by atoms with Crippen molar-refractivity contribution < 1.29 is 31.1 Å². The number of hydrogen-bond donors (Lipinski definition) is 2. The van der Waals surface area contributed by atoms with Crippen LogP contribution >= 0.6 is 11.3 Å². The Morgan fingerprint density at radius 3 is 2.64 bits per heavy atom. The highest BCUT2D eigenvalue weighted by molar-refractivity contribution is 7.09. The highest BCUT2D eigenvalue weighted by Gasteiger charge is 2.33. The van der Waals surface area contributed by atoms with Crippen LogP contribution in [0.4, 0.5) is 26.3 Å². The lowest BCUT2D eigenvalue weighted by Gasteiger charge is -2.12. The Morgan fingerprint density at radius 2 is 2.04 bits per heavy atom. The third-order valence-electron chi connectivity index (χ3n) is 3.28. The summed E-state index contributed by atoms with van der Waals surface area (Å²) in [7, 11) is 0. The normalized spacial score (nSPS) is 12.4. The van der Waals surface area contributed by atoms with Gasteiger partial charge >= 0.3 is 12.8 Å². The van der Waals surface area contributed by atoms with E-state index in [-0.39, 0.29) is 35.4 Å². The summed E-state index contributed by atoms with van der Waals surface area (Å²) in [4.78, 5) is 7.54. The molecule has 0 fully saturated rings. The SMILES string of the molecule is CCNC(=NCc1c(F)cccc1OC(F)F)NCc1nc(C(F)(F)F)cs1. The first-order chi connectivity index (χ1) is 13.2. The first-order valence-corrected chi connectivity index (χ1v) is 8.84. The van der Waals surface area contributed by atoms with Crippen LogP contribution in [0.25, 0.3) is 0 Å². The van der Waals surface area contributed by atoms with Crippen LogP contribution in [0.1, 0.15) is 23.2 Å². The number of benzene rings is 1. The molecule has 1 aromatic heterocycles. The van der Waals surface area contributed by atoms with Gasteiger partial charge in [-0.1, -0.05) is 6.07 Å². The van der Waals surface area contributed by atoms with Crippen molar-refractivity contribution >= 4 is 17.3 Å². The fraction of sp³-hybridized carbons (Fsp3) is 0.375. The van der Waals surface area contributed by atoms with Crippen molar-refractivity contribution in [2.75, 3.05) is 6.54 Å². The standard InChI is InChI=1S/C16H16F6N4OS/c1-2-23-15(25-7-13-26-12(8-28-13)16(20,21)22)24-6-9-10(17)4-3-5-11(9)27-14(18)19/h3-5,8,14H,2,6-7H2,1H3,(H2,23,24,25). The molecule has 5 nitrogen and oxygen atoms in total. The van der Waals surface area contributed by atoms with Gasteiger partial charge in [0.2, 0.25) is 0 Å². The number of nitrogens with zero attached hydrogens (tertiary/aromatic N) is 2. The fourth-order valence-corrected chi connectivity index (χ4v) is 2.82. The lowest BCUT2D eigenvalue weighted by Crippen LogP contribution is -2.36. The Kier molecular flexibility index (Phi) is 7.49. The quantitative estimate of drug-likeness (QED) is 0.397. The minimum absolute atomic E-state index is 0.0513. The van der Waals surface area contributed by atoms with Gasteiger partial charge in [0, 0.05) is 11.9 Å². The number of alkyl halides is 5. The topological polar surface area (TPSA) is 58.5 Å². The molecule has 0 aliphatic carbocycles. The van der Waals surface area contributed by atoms with E-state index in [0.717, 1.165) is 22.8 Å². The van der Waals surface area contributed by atoms with E-state index in [2.05, 4.69) is 25.3 Å². The van der Waals surface area contributed by atoms with Crippen molar-refractivity contribution in [3.63, 3.8) is 0 Å². The second kappa shape index (κ2) is 9.62. The van der Waals surface area contributed by atoms with Crippen LogP contribution < -0.4 is 15.4 Å². The molecule has 0 unspecified atom stereocenters. The van der Waals surface area contributed by atoms with Crippen molar-refractivity contribution in [1.29, 1.82) is 0 Å². The molecule has 12 heteroatoms. The second-order valence-electron chi connectivity index (χ2n) is 5.27. The largest absolute Gasteiger partial charge is 0.434 e. The molecule has 2 aromatic rings. The zero-order chi connectivity index (χ0) is 20.7. The molecule has 28 heavy (non-hydrogen) atoms. The molecule has 0 amide bonds. The summed E-state index contributed by atoms with van der Waals surface area (Å²) < 4.78 is 80.9. The molecule has 0 saturated heterocycles. The van der Waals surface area contributed by atoms with E-state index >= 15 is 0 Å². The maximum Gasteiger partial charge on any atom is 0.434 e. The van der Waals surface area contributed by atoms with Gasteiger partial charge in [-0.05, 0) is 19.1 Å². The number of hydrogen-bond acceptors (Lipinski definition) is 4. The summed E-state index contributed by atoms with van der Waals surface area (Å²) in [6.45, 7) is -1.34. The van der Waals surface area contributed by atoms with Gasteiger partial charge in [-0.15, -0.1) is 11.3 Å². The van der Waals surface area contributed by atoms with Crippen molar-refractivity contribution in [1.82, 2.24) is 15.6 Å². The monoisotopic (exact) mass is 426 g/mol. The predicted molar refractivity (Wildman–Crippen MR) is 91.8 cm³/mol. The van der Waals surface area contributed by atoms with E-state index in [4.69, 9.17) is 0 Å². The zero-order valence-electron chi connectivity index (χ0n) is 14.5. The molecular weight excluding hydrogens is 410 g/mol. The van der Waals surface area contributed by atoms with E-state index in [0.29, 0.717) is 6.54 Å². The molecule has 0 radical (unpaired) electrons. The van der Waals surface area contributed by atoms with Crippen LogP contribution in [-0.4, -0.2) is 24.1 Å². The van der Waals surface area contributed by atoms with Gasteiger partial charge in [0.1, 0.15) is 16.6 Å². The zero-order valence-corrected chi connectivity index (χ0v) is 15.3. The predicted octanol–water partition coefficient (Wildman–Crippen LogP) is 4.16. The van der Waals surface area contributed by atoms with Gasteiger partial charge < -0.3 is 15.4 Å². The Labute approximate surface area is 160 Å². The van der Waals surface area contributed by atoms with Gasteiger partial charge in [0.15, 0.2) is 11.7 Å². The second-order valence-corrected chi connectivity index (χ2v) is 6.21. The molecule has 0 spiro atoms. The van der Waals surface area contributed by atoms with Gasteiger partial charge in [-0.2, -0.15) is 22.0 Å². The summed E-state index contributed by atoms with van der Waals surface area (Å²) in [5, 5.41) is 6.65. The summed E-state index contributed by atoms with van der Waals surface area (Å²) >= 11 is 0.823. The van der Waals surface area contributed by atoms with Crippen LogP contribution in [0.3, 0.4) is 0 Å². The first kappa shape index (κ1) is 21.8. The number of ether oxygens (including phenoxy) is 1. The van der Waals surface area contributed by atoms with Crippen LogP contribution in [0.2, 0.25) is 0 Å². The maximum atomic E-state index is 14.0. The summed E-state index contributed by atoms with van der Waals surface area (Å²) in [5.74, 6) is -0.964. The molecule has 2 rings (SSSR count). The maximum absolute atomic E-state index is 14.0. The first-order valence-electron chi connectivity index (χ1n) is 7.96. The van der Waals surface area contributed by atoms with Crippen LogP contribution in [0.15, 0.2) is 28.6 Å². The molecular formula is C16H16F6N4OS. The van der Waals surface area contributed by atoms with Crippen molar-refractivity contribution in [3.8, 4) is 5.75 Å².